The van der Waals surface area contributed by atoms with Crippen molar-refractivity contribution in [2.24, 2.45) is 5.73 Å². The van der Waals surface area contributed by atoms with Crippen LogP contribution in [0.3, 0.4) is 0 Å². The lowest BCUT2D eigenvalue weighted by Gasteiger charge is -2.25. The van der Waals surface area contributed by atoms with Crippen LogP contribution in [0.25, 0.3) is 0 Å². The highest BCUT2D eigenvalue weighted by atomic mass is 32.2. The van der Waals surface area contributed by atoms with Crippen molar-refractivity contribution in [2.75, 3.05) is 0 Å². The van der Waals surface area contributed by atoms with E-state index in [0.29, 0.717) is 0 Å². The Morgan fingerprint density at radius 2 is 1.65 bits per heavy atom. The minimum Gasteiger partial charge on any atom is -0.460 e. The molecule has 2 N–H and O–H groups in total. The van der Waals surface area contributed by atoms with Crippen molar-refractivity contribution >= 4 is 17.7 Å². The molecule has 3 atom stereocenters. The number of rotatable bonds is 6. The lowest BCUT2D eigenvalue weighted by atomic mass is 10.1. The van der Waals surface area contributed by atoms with Gasteiger partial charge in [-0.25, -0.2) is 0 Å². The number of ether oxygens (including phenoxy) is 1. The first-order chi connectivity index (χ1) is 11.0. The van der Waals surface area contributed by atoms with E-state index in [-0.39, 0.29) is 17.3 Å². The molecule has 2 aromatic carbocycles. The molecule has 0 saturated carbocycles. The van der Waals surface area contributed by atoms with Crippen LogP contribution in [0.5, 0.6) is 0 Å². The highest BCUT2D eigenvalue weighted by Gasteiger charge is 2.25. The monoisotopic (exact) mass is 329 g/mol. The highest BCUT2D eigenvalue weighted by molar-refractivity contribution is 7.99. The first-order valence-electron chi connectivity index (χ1n) is 7.71. The van der Waals surface area contributed by atoms with Gasteiger partial charge in [0.25, 0.3) is 0 Å². The Labute approximate surface area is 142 Å². The molecule has 0 fully saturated rings. The zero-order valence-corrected chi connectivity index (χ0v) is 14.5. The molecule has 0 aliphatic carbocycles. The Kier molecular flexibility index (Phi) is 6.25. The Bertz CT molecular complexity index is 626. The summed E-state index contributed by atoms with van der Waals surface area (Å²) in [5.74, 6) is -0.372. The van der Waals surface area contributed by atoms with E-state index in [1.165, 1.54) is 5.56 Å². The van der Waals surface area contributed by atoms with Crippen LogP contribution in [0.1, 0.15) is 30.2 Å². The van der Waals surface area contributed by atoms with Gasteiger partial charge in [0.15, 0.2) is 0 Å². The first kappa shape index (κ1) is 17.6. The maximum absolute atomic E-state index is 11.8. The summed E-state index contributed by atoms with van der Waals surface area (Å²) in [4.78, 5) is 13.0. The van der Waals surface area contributed by atoms with Crippen LogP contribution in [0, 0.1) is 6.92 Å². The fourth-order valence-corrected chi connectivity index (χ4v) is 3.34. The maximum atomic E-state index is 11.8. The summed E-state index contributed by atoms with van der Waals surface area (Å²) < 4.78 is 5.55. The standard InChI is InChI=1S/C19H23NO2S/c1-13-9-11-16(12-10-13)18(15(3)22-19(21)14(2)20)23-17-7-5-4-6-8-17/h4-12,14-15,18H,20H2,1-3H3/t14-,15-,18-/m0/s1. The number of carbonyl (C=O) groups is 1. The average Bonchev–Trinajstić information content (AvgIpc) is 2.54. The van der Waals surface area contributed by atoms with Crippen molar-refractivity contribution in [2.45, 2.75) is 43.1 Å². The molecule has 4 heteroatoms. The summed E-state index contributed by atoms with van der Waals surface area (Å²) in [6.07, 6.45) is -0.276. The SMILES string of the molecule is Cc1ccc([C@@H](Sc2ccccc2)[C@H](C)OC(=O)[C@H](C)N)cc1. The van der Waals surface area contributed by atoms with E-state index < -0.39 is 6.04 Å². The number of carbonyl (C=O) groups excluding carboxylic acids is 1. The molecule has 23 heavy (non-hydrogen) atoms. The second-order valence-corrected chi connectivity index (χ2v) is 6.91. The van der Waals surface area contributed by atoms with Gasteiger partial charge in [0, 0.05) is 4.90 Å². The summed E-state index contributed by atoms with van der Waals surface area (Å²) in [6.45, 7) is 5.61. The van der Waals surface area contributed by atoms with E-state index in [1.54, 1.807) is 18.7 Å². The number of hydrogen-bond donors (Lipinski definition) is 1. The molecule has 0 heterocycles. The van der Waals surface area contributed by atoms with Crippen molar-refractivity contribution in [1.29, 1.82) is 0 Å². The molecule has 2 rings (SSSR count). The summed E-state index contributed by atoms with van der Waals surface area (Å²) in [5.41, 5.74) is 7.95. The van der Waals surface area contributed by atoms with Crippen LogP contribution in [-0.2, 0) is 9.53 Å². The third-order valence-electron chi connectivity index (χ3n) is 3.51. The normalized spacial score (nSPS) is 14.8. The number of thioether (sulfide) groups is 1. The molecule has 122 valence electrons. The predicted octanol–water partition coefficient (Wildman–Crippen LogP) is 4.11. The van der Waals surface area contributed by atoms with Crippen molar-refractivity contribution in [3.05, 3.63) is 65.7 Å². The Morgan fingerprint density at radius 3 is 2.22 bits per heavy atom. The third kappa shape index (κ3) is 5.12. The van der Waals surface area contributed by atoms with Gasteiger partial charge < -0.3 is 10.5 Å². The molecule has 0 aliphatic rings. The van der Waals surface area contributed by atoms with Gasteiger partial charge in [-0.3, -0.25) is 4.79 Å². The van der Waals surface area contributed by atoms with Gasteiger partial charge in [-0.05, 0) is 38.5 Å². The molecule has 0 amide bonds. The molecule has 0 saturated heterocycles. The van der Waals surface area contributed by atoms with Crippen LogP contribution in [0.4, 0.5) is 0 Å². The zero-order chi connectivity index (χ0) is 16.8. The molecule has 0 aromatic heterocycles. The highest BCUT2D eigenvalue weighted by Crippen LogP contribution is 2.39. The van der Waals surface area contributed by atoms with Crippen LogP contribution in [0.2, 0.25) is 0 Å². The molecule has 3 nitrogen and oxygen atoms in total. The Balaban J connectivity index is 2.23. The lowest BCUT2D eigenvalue weighted by molar-refractivity contribution is -0.149. The Hall–Kier alpha value is -1.78. The molecular weight excluding hydrogens is 306 g/mol. The van der Waals surface area contributed by atoms with Gasteiger partial charge in [-0.15, -0.1) is 11.8 Å². The predicted molar refractivity (Wildman–Crippen MR) is 95.4 cm³/mol. The quantitative estimate of drug-likeness (QED) is 0.640. The average molecular weight is 329 g/mol. The van der Waals surface area contributed by atoms with Crippen LogP contribution < -0.4 is 5.73 Å². The minimum atomic E-state index is -0.613. The fourth-order valence-electron chi connectivity index (χ4n) is 2.19. The summed E-state index contributed by atoms with van der Waals surface area (Å²) in [5, 5.41) is 0.0145. The topological polar surface area (TPSA) is 52.3 Å². The number of esters is 1. The van der Waals surface area contributed by atoms with Gasteiger partial charge >= 0.3 is 5.97 Å². The van der Waals surface area contributed by atoms with Gasteiger partial charge in [0.2, 0.25) is 0 Å². The second kappa shape index (κ2) is 8.18. The summed E-state index contributed by atoms with van der Waals surface area (Å²) in [7, 11) is 0. The smallest absolute Gasteiger partial charge is 0.322 e. The fraction of sp³-hybridized carbons (Fsp3) is 0.316. The minimum absolute atomic E-state index is 0.0145. The van der Waals surface area contributed by atoms with Gasteiger partial charge in [0.05, 0.1) is 5.25 Å². The van der Waals surface area contributed by atoms with Crippen molar-refractivity contribution < 1.29 is 9.53 Å². The van der Waals surface area contributed by atoms with E-state index >= 15 is 0 Å². The molecule has 0 spiro atoms. The molecule has 2 aromatic rings. The zero-order valence-electron chi connectivity index (χ0n) is 13.7. The molecule has 0 bridgehead atoms. The van der Waals surface area contributed by atoms with Crippen LogP contribution >= 0.6 is 11.8 Å². The summed E-state index contributed by atoms with van der Waals surface area (Å²) in [6, 6.07) is 17.8. The van der Waals surface area contributed by atoms with Crippen LogP contribution in [0.15, 0.2) is 59.5 Å². The molecule has 0 aliphatic heterocycles. The van der Waals surface area contributed by atoms with Crippen molar-refractivity contribution in [3.63, 3.8) is 0 Å². The van der Waals surface area contributed by atoms with E-state index in [9.17, 15) is 4.79 Å². The van der Waals surface area contributed by atoms with Gasteiger partial charge in [0.1, 0.15) is 12.1 Å². The van der Waals surface area contributed by atoms with E-state index in [4.69, 9.17) is 10.5 Å². The van der Waals surface area contributed by atoms with E-state index in [2.05, 4.69) is 43.3 Å². The molecular formula is C19H23NO2S. The van der Waals surface area contributed by atoms with Crippen LogP contribution in [-0.4, -0.2) is 18.1 Å². The lowest BCUT2D eigenvalue weighted by Crippen LogP contribution is -2.33. The number of nitrogens with two attached hydrogens (primary N) is 1. The van der Waals surface area contributed by atoms with E-state index in [0.717, 1.165) is 10.5 Å². The summed E-state index contributed by atoms with van der Waals surface area (Å²) >= 11 is 1.69. The number of aryl methyl sites for hydroxylation is 1. The van der Waals surface area contributed by atoms with Crippen molar-refractivity contribution in [1.82, 2.24) is 0 Å². The van der Waals surface area contributed by atoms with Crippen molar-refractivity contribution in [3.8, 4) is 0 Å². The van der Waals surface area contributed by atoms with Gasteiger partial charge in [-0.2, -0.15) is 0 Å². The molecule has 0 unspecified atom stereocenters. The van der Waals surface area contributed by atoms with E-state index in [1.807, 2.05) is 25.1 Å². The Morgan fingerprint density at radius 1 is 1.04 bits per heavy atom. The second-order valence-electron chi connectivity index (χ2n) is 5.69. The largest absolute Gasteiger partial charge is 0.460 e. The third-order valence-corrected chi connectivity index (χ3v) is 4.97. The first-order valence-corrected chi connectivity index (χ1v) is 8.59. The maximum Gasteiger partial charge on any atom is 0.322 e. The number of benzene rings is 2. The number of hydrogen-bond acceptors (Lipinski definition) is 4. The van der Waals surface area contributed by atoms with Gasteiger partial charge in [-0.1, -0.05) is 48.0 Å². The molecule has 0 radical (unpaired) electrons.